The number of fused-ring (bicyclic) bond motifs is 1. The number of H-pyrrole nitrogens is 1. The molecule has 2 aromatic rings. The number of aromatic nitrogens is 1. The van der Waals surface area contributed by atoms with Crippen molar-refractivity contribution >= 4 is 10.9 Å². The molecule has 2 aliphatic carbocycles. The second-order valence-electron chi connectivity index (χ2n) is 8.29. The number of pyridine rings is 1. The summed E-state index contributed by atoms with van der Waals surface area (Å²) in [4.78, 5) is 14.2. The number of hydrogen-bond acceptors (Lipinski definition) is 4. The Kier molecular flexibility index (Phi) is 5.61. The van der Waals surface area contributed by atoms with Crippen molar-refractivity contribution in [3.05, 3.63) is 62.5 Å². The van der Waals surface area contributed by atoms with Crippen LogP contribution in [0, 0.1) is 0 Å². The highest BCUT2D eigenvalue weighted by Crippen LogP contribution is 2.41. The molecule has 1 aromatic carbocycles. The van der Waals surface area contributed by atoms with Crippen LogP contribution in [-0.4, -0.2) is 27.8 Å². The van der Waals surface area contributed by atoms with Gasteiger partial charge < -0.3 is 20.5 Å². The monoisotopic (exact) mass is 394 g/mol. The Morgan fingerprint density at radius 1 is 1.07 bits per heavy atom. The number of aliphatic hydroxyl groups excluding tert-OH is 1. The van der Waals surface area contributed by atoms with E-state index in [2.05, 4.69) is 24.1 Å². The molecule has 0 radical (unpaired) electrons. The molecule has 0 aliphatic heterocycles. The molecule has 29 heavy (non-hydrogen) atoms. The van der Waals surface area contributed by atoms with Gasteiger partial charge in [-0.05, 0) is 56.2 Å². The minimum atomic E-state index is -0.711. The summed E-state index contributed by atoms with van der Waals surface area (Å²) in [6.45, 7) is 4.96. The lowest BCUT2D eigenvalue weighted by Crippen LogP contribution is -2.31. The van der Waals surface area contributed by atoms with Crippen molar-refractivity contribution in [3.8, 4) is 5.75 Å². The fourth-order valence-corrected chi connectivity index (χ4v) is 4.95. The van der Waals surface area contributed by atoms with Gasteiger partial charge in [0.15, 0.2) is 0 Å². The van der Waals surface area contributed by atoms with Crippen molar-refractivity contribution < 1.29 is 10.2 Å². The fourth-order valence-electron chi connectivity index (χ4n) is 4.95. The highest BCUT2D eigenvalue weighted by atomic mass is 16.3. The quantitative estimate of drug-likeness (QED) is 0.553. The first-order valence-electron chi connectivity index (χ1n) is 10.7. The lowest BCUT2D eigenvalue weighted by Gasteiger charge is -2.21. The molecule has 0 fully saturated rings. The van der Waals surface area contributed by atoms with E-state index in [9.17, 15) is 15.0 Å². The SMILES string of the molecule is CCC1=C(CC)CC2=C(C1)CC(NC[C@H](O)c1ccc(O)c3[nH]c(=O)ccc13)C2. The van der Waals surface area contributed by atoms with Gasteiger partial charge in [0.25, 0.3) is 0 Å². The van der Waals surface area contributed by atoms with Gasteiger partial charge in [0, 0.05) is 24.0 Å². The van der Waals surface area contributed by atoms with Gasteiger partial charge in [0.1, 0.15) is 5.75 Å². The van der Waals surface area contributed by atoms with E-state index in [1.54, 1.807) is 34.4 Å². The Labute approximate surface area is 171 Å². The van der Waals surface area contributed by atoms with Crippen LogP contribution in [0.5, 0.6) is 5.75 Å². The summed E-state index contributed by atoms with van der Waals surface area (Å²) in [5.74, 6) is 0.0141. The average molecular weight is 395 g/mol. The minimum absolute atomic E-state index is 0.0141. The summed E-state index contributed by atoms with van der Waals surface area (Å²) in [7, 11) is 0. The zero-order valence-electron chi connectivity index (χ0n) is 17.2. The summed E-state index contributed by atoms with van der Waals surface area (Å²) in [5, 5.41) is 25.1. The molecule has 154 valence electrons. The topological polar surface area (TPSA) is 85.3 Å². The molecular formula is C24H30N2O3. The van der Waals surface area contributed by atoms with Crippen LogP contribution in [0.3, 0.4) is 0 Å². The van der Waals surface area contributed by atoms with E-state index >= 15 is 0 Å². The van der Waals surface area contributed by atoms with E-state index < -0.39 is 6.10 Å². The zero-order chi connectivity index (χ0) is 20.5. The molecular weight excluding hydrogens is 364 g/mol. The molecule has 0 saturated carbocycles. The summed E-state index contributed by atoms with van der Waals surface area (Å²) in [6.07, 6.45) is 5.96. The van der Waals surface area contributed by atoms with Gasteiger partial charge in [0.2, 0.25) is 5.56 Å². The molecule has 5 nitrogen and oxygen atoms in total. The number of rotatable bonds is 6. The van der Waals surface area contributed by atoms with Crippen LogP contribution in [0.15, 0.2) is 51.4 Å². The molecule has 5 heteroatoms. The van der Waals surface area contributed by atoms with E-state index in [0.717, 1.165) is 38.5 Å². The van der Waals surface area contributed by atoms with Crippen LogP contribution in [0.2, 0.25) is 0 Å². The van der Waals surface area contributed by atoms with Crippen LogP contribution in [-0.2, 0) is 0 Å². The van der Waals surface area contributed by atoms with Crippen LogP contribution in [0.1, 0.15) is 64.0 Å². The number of nitrogens with one attached hydrogen (secondary N) is 2. The molecule has 1 atom stereocenters. The zero-order valence-corrected chi connectivity index (χ0v) is 17.2. The van der Waals surface area contributed by atoms with Crippen molar-refractivity contribution in [2.45, 2.75) is 64.5 Å². The third-order valence-corrected chi connectivity index (χ3v) is 6.56. The Bertz CT molecular complexity index is 1020. The summed E-state index contributed by atoms with van der Waals surface area (Å²) >= 11 is 0. The average Bonchev–Trinajstić information content (AvgIpc) is 3.13. The van der Waals surface area contributed by atoms with E-state index in [1.807, 2.05) is 0 Å². The maximum absolute atomic E-state index is 11.6. The van der Waals surface area contributed by atoms with Gasteiger partial charge >= 0.3 is 0 Å². The van der Waals surface area contributed by atoms with E-state index in [1.165, 1.54) is 12.1 Å². The number of allylic oxidation sites excluding steroid dienone is 2. The van der Waals surface area contributed by atoms with Crippen molar-refractivity contribution in [1.29, 1.82) is 0 Å². The summed E-state index contributed by atoms with van der Waals surface area (Å²) in [6, 6.07) is 6.70. The molecule has 4 rings (SSSR count). The predicted molar refractivity (Wildman–Crippen MR) is 116 cm³/mol. The third-order valence-electron chi connectivity index (χ3n) is 6.56. The first-order valence-corrected chi connectivity index (χ1v) is 10.7. The third kappa shape index (κ3) is 3.89. The van der Waals surface area contributed by atoms with Crippen molar-refractivity contribution in [2.75, 3.05) is 6.54 Å². The van der Waals surface area contributed by atoms with E-state index in [-0.39, 0.29) is 11.3 Å². The van der Waals surface area contributed by atoms with Crippen LogP contribution in [0.25, 0.3) is 10.9 Å². The molecule has 4 N–H and O–H groups in total. The molecule has 1 aromatic heterocycles. The molecule has 0 spiro atoms. The van der Waals surface area contributed by atoms with Gasteiger partial charge in [-0.3, -0.25) is 4.79 Å². The van der Waals surface area contributed by atoms with Gasteiger partial charge in [-0.15, -0.1) is 0 Å². The smallest absolute Gasteiger partial charge is 0.248 e. The number of phenols is 1. The minimum Gasteiger partial charge on any atom is -0.506 e. The Hall–Kier alpha value is -2.37. The normalized spacial score (nSPS) is 18.6. The second kappa shape index (κ2) is 8.17. The van der Waals surface area contributed by atoms with Gasteiger partial charge in [-0.2, -0.15) is 0 Å². The van der Waals surface area contributed by atoms with Gasteiger partial charge in [-0.1, -0.05) is 42.2 Å². The predicted octanol–water partition coefficient (Wildman–Crippen LogP) is 4.23. The summed E-state index contributed by atoms with van der Waals surface area (Å²) < 4.78 is 0. The molecule has 0 bridgehead atoms. The number of aliphatic hydroxyl groups is 1. The fraction of sp³-hybridized carbons (Fsp3) is 0.458. The van der Waals surface area contributed by atoms with E-state index in [4.69, 9.17) is 0 Å². The highest BCUT2D eigenvalue weighted by Gasteiger charge is 2.28. The Balaban J connectivity index is 1.42. The molecule has 0 saturated heterocycles. The first-order chi connectivity index (χ1) is 14.0. The molecule has 2 aliphatic rings. The number of aromatic hydroxyl groups is 1. The lowest BCUT2D eigenvalue weighted by atomic mass is 9.85. The van der Waals surface area contributed by atoms with Gasteiger partial charge in [-0.25, -0.2) is 0 Å². The number of phenolic OH excluding ortho intramolecular Hbond substituents is 1. The molecule has 1 heterocycles. The summed E-state index contributed by atoms with van der Waals surface area (Å²) in [5.41, 5.74) is 7.25. The molecule has 0 unspecified atom stereocenters. The highest BCUT2D eigenvalue weighted by molar-refractivity contribution is 5.87. The maximum atomic E-state index is 11.6. The van der Waals surface area contributed by atoms with Crippen LogP contribution >= 0.6 is 0 Å². The first kappa shape index (κ1) is 19.9. The standard InChI is InChI=1S/C24H30N2O3/c1-3-14-9-16-11-18(12-17(16)10-15(14)4-2)25-13-22(28)19-5-7-21(27)24-20(19)6-8-23(29)26-24/h5-8,18,22,25,27-28H,3-4,9-13H2,1-2H3,(H,26,29)/t22-/m0/s1. The van der Waals surface area contributed by atoms with Crippen molar-refractivity contribution in [2.24, 2.45) is 0 Å². The Morgan fingerprint density at radius 2 is 1.72 bits per heavy atom. The second-order valence-corrected chi connectivity index (χ2v) is 8.29. The Morgan fingerprint density at radius 3 is 2.34 bits per heavy atom. The largest absolute Gasteiger partial charge is 0.506 e. The lowest BCUT2D eigenvalue weighted by molar-refractivity contribution is 0.171. The van der Waals surface area contributed by atoms with Gasteiger partial charge in [0.05, 0.1) is 11.6 Å². The van der Waals surface area contributed by atoms with Crippen LogP contribution in [0.4, 0.5) is 0 Å². The van der Waals surface area contributed by atoms with Crippen LogP contribution < -0.4 is 10.9 Å². The molecule has 0 amide bonds. The number of benzene rings is 1. The number of hydrogen-bond donors (Lipinski definition) is 4. The number of aromatic amines is 1. The van der Waals surface area contributed by atoms with E-state index in [0.29, 0.717) is 29.1 Å². The van der Waals surface area contributed by atoms with Crippen molar-refractivity contribution in [1.82, 2.24) is 10.3 Å². The van der Waals surface area contributed by atoms with Crippen molar-refractivity contribution in [3.63, 3.8) is 0 Å². The maximum Gasteiger partial charge on any atom is 0.248 e.